The number of fused-ring (bicyclic) bond motifs is 1. The average molecular weight is 440 g/mol. The number of thiophene rings is 1. The summed E-state index contributed by atoms with van der Waals surface area (Å²) in [5.74, 6) is -0.246. The van der Waals surface area contributed by atoms with Crippen LogP contribution in [0.3, 0.4) is 0 Å². The molecular weight excluding hydrogens is 418 g/mol. The number of hydrogen-bond donors (Lipinski definition) is 2. The van der Waals surface area contributed by atoms with Crippen LogP contribution in [0, 0.1) is 0 Å². The summed E-state index contributed by atoms with van der Waals surface area (Å²) in [6.45, 7) is 2.28. The van der Waals surface area contributed by atoms with Crippen molar-refractivity contribution in [3.63, 3.8) is 0 Å². The second kappa shape index (κ2) is 8.12. The van der Waals surface area contributed by atoms with E-state index in [-0.39, 0.29) is 11.7 Å². The molecule has 0 spiro atoms. The van der Waals surface area contributed by atoms with E-state index in [1.807, 2.05) is 18.2 Å². The smallest absolute Gasteiger partial charge is 0.245 e. The van der Waals surface area contributed by atoms with Gasteiger partial charge in [0.15, 0.2) is 0 Å². The maximum Gasteiger partial charge on any atom is 0.245 e. The molecule has 1 aromatic carbocycles. The molecule has 4 rings (SSSR count). The Morgan fingerprint density at radius 2 is 2.11 bits per heavy atom. The van der Waals surface area contributed by atoms with Crippen LogP contribution in [0.15, 0.2) is 30.3 Å². The summed E-state index contributed by atoms with van der Waals surface area (Å²) in [7, 11) is -3.55. The van der Waals surface area contributed by atoms with E-state index in [0.29, 0.717) is 23.7 Å². The number of nitrogens with one attached hydrogen (secondary N) is 2. The van der Waals surface area contributed by atoms with Crippen LogP contribution in [0.5, 0.6) is 0 Å². The third-order valence-electron chi connectivity index (χ3n) is 5.16. The predicted octanol–water partition coefficient (Wildman–Crippen LogP) is 2.31. The monoisotopic (exact) mass is 439 g/mol. The lowest BCUT2D eigenvalue weighted by Crippen LogP contribution is -2.42. The highest BCUT2D eigenvalue weighted by Crippen LogP contribution is 2.26. The minimum atomic E-state index is -3.55. The second-order valence-corrected chi connectivity index (χ2v) is 10.8. The maximum absolute atomic E-state index is 12.8. The quantitative estimate of drug-likeness (QED) is 0.724. The van der Waals surface area contributed by atoms with Gasteiger partial charge >= 0.3 is 0 Å². The standard InChI is InChI=1S/C19H22ClN3O3S2/c20-18-4-3-16(27-18)7-10-28(25,26)22-17-6-9-23(19(17)24)15-2-1-13-5-8-21-12-14(13)11-15/h1-4,11,17,21-22H,5-10,12H2. The molecule has 6 nitrogen and oxygen atoms in total. The van der Waals surface area contributed by atoms with Crippen molar-refractivity contribution in [1.29, 1.82) is 0 Å². The van der Waals surface area contributed by atoms with Gasteiger partial charge < -0.3 is 10.2 Å². The summed E-state index contributed by atoms with van der Waals surface area (Å²) in [4.78, 5) is 15.4. The topological polar surface area (TPSA) is 78.5 Å². The molecule has 3 heterocycles. The summed E-state index contributed by atoms with van der Waals surface area (Å²) >= 11 is 7.26. The van der Waals surface area contributed by atoms with E-state index in [4.69, 9.17) is 11.6 Å². The fraction of sp³-hybridized carbons (Fsp3) is 0.421. The van der Waals surface area contributed by atoms with E-state index in [0.717, 1.165) is 30.1 Å². The Morgan fingerprint density at radius 1 is 1.25 bits per heavy atom. The molecule has 2 aromatic rings. The Bertz CT molecular complexity index is 990. The first kappa shape index (κ1) is 19.8. The third kappa shape index (κ3) is 4.41. The lowest BCUT2D eigenvalue weighted by molar-refractivity contribution is -0.118. The minimum absolute atomic E-state index is 0.0574. The molecule has 1 fully saturated rings. The zero-order valence-corrected chi connectivity index (χ0v) is 17.7. The molecular formula is C19H22ClN3O3S2. The molecule has 28 heavy (non-hydrogen) atoms. The number of halogens is 1. The predicted molar refractivity (Wildman–Crippen MR) is 113 cm³/mol. The van der Waals surface area contributed by atoms with Gasteiger partial charge in [-0.2, -0.15) is 0 Å². The number of hydrogen-bond acceptors (Lipinski definition) is 5. The van der Waals surface area contributed by atoms with E-state index in [2.05, 4.69) is 16.1 Å². The molecule has 1 amide bonds. The lowest BCUT2D eigenvalue weighted by Gasteiger charge is -2.22. The second-order valence-electron chi connectivity index (χ2n) is 7.10. The van der Waals surface area contributed by atoms with Gasteiger partial charge in [0, 0.05) is 23.7 Å². The van der Waals surface area contributed by atoms with Gasteiger partial charge in [-0.1, -0.05) is 17.7 Å². The summed E-state index contributed by atoms with van der Waals surface area (Å²) in [5, 5.41) is 3.34. The Balaban J connectivity index is 1.39. The van der Waals surface area contributed by atoms with Crippen LogP contribution in [0.2, 0.25) is 4.34 Å². The number of benzene rings is 1. The normalized spacial score (nSPS) is 19.8. The number of sulfonamides is 1. The Labute approximate surface area is 173 Å². The van der Waals surface area contributed by atoms with E-state index in [1.54, 1.807) is 11.0 Å². The molecule has 0 bridgehead atoms. The zero-order valence-electron chi connectivity index (χ0n) is 15.3. The maximum atomic E-state index is 12.8. The van der Waals surface area contributed by atoms with Crippen molar-refractivity contribution in [3.8, 4) is 0 Å². The first-order valence-corrected chi connectivity index (χ1v) is 12.1. The number of aryl methyl sites for hydroxylation is 1. The molecule has 9 heteroatoms. The largest absolute Gasteiger partial charge is 0.312 e. The molecule has 1 unspecified atom stereocenters. The number of amides is 1. The molecule has 2 N–H and O–H groups in total. The highest BCUT2D eigenvalue weighted by molar-refractivity contribution is 7.89. The van der Waals surface area contributed by atoms with Gasteiger partial charge in [-0.05, 0) is 61.2 Å². The summed E-state index contributed by atoms with van der Waals surface area (Å²) in [6, 6.07) is 8.95. The number of anilines is 1. The first-order valence-electron chi connectivity index (χ1n) is 9.29. The van der Waals surface area contributed by atoms with E-state index in [9.17, 15) is 13.2 Å². The van der Waals surface area contributed by atoms with E-state index >= 15 is 0 Å². The Morgan fingerprint density at radius 3 is 2.89 bits per heavy atom. The fourth-order valence-electron chi connectivity index (χ4n) is 3.68. The molecule has 2 aliphatic heterocycles. The molecule has 150 valence electrons. The molecule has 1 atom stereocenters. The molecule has 1 saturated heterocycles. The highest BCUT2D eigenvalue weighted by Gasteiger charge is 2.35. The Hall–Kier alpha value is -1.45. The van der Waals surface area contributed by atoms with Crippen molar-refractivity contribution >= 4 is 44.6 Å². The first-order chi connectivity index (χ1) is 13.4. The molecule has 2 aliphatic rings. The Kier molecular flexibility index (Phi) is 5.76. The van der Waals surface area contributed by atoms with Crippen molar-refractivity contribution in [2.24, 2.45) is 0 Å². The molecule has 0 saturated carbocycles. The van der Waals surface area contributed by atoms with Gasteiger partial charge in [0.05, 0.1) is 10.1 Å². The van der Waals surface area contributed by atoms with Crippen molar-refractivity contribution < 1.29 is 13.2 Å². The third-order valence-corrected chi connectivity index (χ3v) is 7.84. The van der Waals surface area contributed by atoms with Crippen molar-refractivity contribution in [1.82, 2.24) is 10.0 Å². The van der Waals surface area contributed by atoms with Crippen LogP contribution < -0.4 is 14.9 Å². The number of carbonyl (C=O) groups is 1. The molecule has 0 aliphatic carbocycles. The van der Waals surface area contributed by atoms with Crippen molar-refractivity contribution in [2.75, 3.05) is 23.7 Å². The van der Waals surface area contributed by atoms with Gasteiger partial charge in [0.1, 0.15) is 6.04 Å². The fourth-order valence-corrected chi connectivity index (χ4v) is 6.15. The number of rotatable bonds is 6. The van der Waals surface area contributed by atoms with E-state index in [1.165, 1.54) is 22.5 Å². The van der Waals surface area contributed by atoms with Gasteiger partial charge in [-0.3, -0.25) is 4.79 Å². The number of carbonyl (C=O) groups excluding carboxylic acids is 1. The molecule has 0 radical (unpaired) electrons. The van der Waals surface area contributed by atoms with Gasteiger partial charge in [0.25, 0.3) is 0 Å². The highest BCUT2D eigenvalue weighted by atomic mass is 35.5. The summed E-state index contributed by atoms with van der Waals surface area (Å²) in [6.07, 6.45) is 1.84. The van der Waals surface area contributed by atoms with Crippen LogP contribution in [0.1, 0.15) is 22.4 Å². The summed E-state index contributed by atoms with van der Waals surface area (Å²) < 4.78 is 28.1. The van der Waals surface area contributed by atoms with Gasteiger partial charge in [0.2, 0.25) is 15.9 Å². The van der Waals surface area contributed by atoms with E-state index < -0.39 is 16.1 Å². The summed E-state index contributed by atoms with van der Waals surface area (Å²) in [5.41, 5.74) is 3.35. The van der Waals surface area contributed by atoms with Crippen LogP contribution >= 0.6 is 22.9 Å². The SMILES string of the molecule is O=C1C(NS(=O)(=O)CCc2ccc(Cl)s2)CCN1c1ccc2c(c1)CNCC2. The van der Waals surface area contributed by atoms with Crippen molar-refractivity contribution in [2.45, 2.75) is 31.8 Å². The van der Waals surface area contributed by atoms with Crippen LogP contribution in [0.25, 0.3) is 0 Å². The average Bonchev–Trinajstić information content (AvgIpc) is 3.25. The number of nitrogens with zero attached hydrogens (tertiary/aromatic N) is 1. The zero-order chi connectivity index (χ0) is 19.7. The molecule has 1 aromatic heterocycles. The van der Waals surface area contributed by atoms with Crippen LogP contribution in [-0.4, -0.2) is 39.2 Å². The van der Waals surface area contributed by atoms with Crippen molar-refractivity contribution in [3.05, 3.63) is 50.7 Å². The minimum Gasteiger partial charge on any atom is -0.312 e. The van der Waals surface area contributed by atoms with Crippen LogP contribution in [0.4, 0.5) is 5.69 Å². The lowest BCUT2D eigenvalue weighted by atomic mass is 10.0. The van der Waals surface area contributed by atoms with Gasteiger partial charge in [-0.15, -0.1) is 11.3 Å². The van der Waals surface area contributed by atoms with Gasteiger partial charge in [-0.25, -0.2) is 13.1 Å². The van der Waals surface area contributed by atoms with Crippen LogP contribution in [-0.2, 0) is 34.2 Å².